The first-order chi connectivity index (χ1) is 12.5. The molecule has 4 aromatic carbocycles. The van der Waals surface area contributed by atoms with Crippen LogP contribution in [0.15, 0.2) is 72.8 Å². The van der Waals surface area contributed by atoms with Crippen LogP contribution in [0.5, 0.6) is 0 Å². The zero-order valence-electron chi connectivity index (χ0n) is 14.3. The number of aryl methyl sites for hydroxylation is 1. The van der Waals surface area contributed by atoms with Crippen LogP contribution in [0.4, 0.5) is 13.2 Å². The van der Waals surface area contributed by atoms with Crippen LogP contribution in [0.1, 0.15) is 18.1 Å². The summed E-state index contributed by atoms with van der Waals surface area (Å²) in [5.74, 6) is 0. The van der Waals surface area contributed by atoms with E-state index in [1.165, 1.54) is 28.5 Å². The van der Waals surface area contributed by atoms with Gasteiger partial charge in [-0.25, -0.2) is 0 Å². The smallest absolute Gasteiger partial charge is 0.166 e. The lowest BCUT2D eigenvalue weighted by Gasteiger charge is -2.10. The minimum atomic E-state index is -4.31. The summed E-state index contributed by atoms with van der Waals surface area (Å²) >= 11 is 0. The largest absolute Gasteiger partial charge is 0.416 e. The molecular formula is C23H17F3. The van der Waals surface area contributed by atoms with Gasteiger partial charge in [-0.05, 0) is 62.9 Å². The predicted octanol–water partition coefficient (Wildman–Crippen LogP) is 7.24. The van der Waals surface area contributed by atoms with Crippen LogP contribution in [0.2, 0.25) is 0 Å². The van der Waals surface area contributed by atoms with Crippen LogP contribution in [0.3, 0.4) is 0 Å². The maximum atomic E-state index is 12.7. The monoisotopic (exact) mass is 350 g/mol. The van der Waals surface area contributed by atoms with Gasteiger partial charge in [-0.1, -0.05) is 61.5 Å². The summed E-state index contributed by atoms with van der Waals surface area (Å²) in [6, 6.07) is 22.0. The molecule has 0 heterocycles. The van der Waals surface area contributed by atoms with Crippen molar-refractivity contribution in [2.45, 2.75) is 19.5 Å². The number of rotatable bonds is 2. The first-order valence-corrected chi connectivity index (χ1v) is 8.59. The molecule has 4 aromatic rings. The van der Waals surface area contributed by atoms with Crippen molar-refractivity contribution < 1.29 is 13.2 Å². The average molecular weight is 350 g/mol. The highest BCUT2D eigenvalue weighted by Gasteiger charge is 2.29. The van der Waals surface area contributed by atoms with E-state index in [0.29, 0.717) is 0 Å². The van der Waals surface area contributed by atoms with E-state index in [1.807, 2.05) is 12.1 Å². The maximum Gasteiger partial charge on any atom is 0.416 e. The van der Waals surface area contributed by atoms with E-state index in [1.54, 1.807) is 0 Å². The summed E-state index contributed by atoms with van der Waals surface area (Å²) in [6.07, 6.45) is -3.31. The Labute approximate surface area is 149 Å². The van der Waals surface area contributed by atoms with Crippen molar-refractivity contribution in [1.29, 1.82) is 0 Å². The van der Waals surface area contributed by atoms with Crippen molar-refractivity contribution in [2.24, 2.45) is 0 Å². The van der Waals surface area contributed by atoms with E-state index in [4.69, 9.17) is 0 Å². The van der Waals surface area contributed by atoms with E-state index in [0.717, 1.165) is 40.5 Å². The van der Waals surface area contributed by atoms with Gasteiger partial charge >= 0.3 is 6.18 Å². The van der Waals surface area contributed by atoms with Gasteiger partial charge in [0.05, 0.1) is 5.56 Å². The number of hydrogen-bond acceptors (Lipinski definition) is 0. The summed E-state index contributed by atoms with van der Waals surface area (Å²) in [5, 5.41) is 4.64. The summed E-state index contributed by atoms with van der Waals surface area (Å²) in [4.78, 5) is 0. The van der Waals surface area contributed by atoms with Gasteiger partial charge in [-0.15, -0.1) is 0 Å². The van der Waals surface area contributed by atoms with Crippen LogP contribution < -0.4 is 0 Å². The molecule has 0 aliphatic rings. The molecule has 0 nitrogen and oxygen atoms in total. The number of fused-ring (bicyclic) bond motifs is 3. The van der Waals surface area contributed by atoms with Gasteiger partial charge in [0.15, 0.2) is 0 Å². The summed E-state index contributed by atoms with van der Waals surface area (Å²) < 4.78 is 38.2. The average Bonchev–Trinajstić information content (AvgIpc) is 2.66. The Morgan fingerprint density at radius 1 is 0.654 bits per heavy atom. The van der Waals surface area contributed by atoms with Gasteiger partial charge in [-0.2, -0.15) is 13.2 Å². The number of halogens is 3. The minimum Gasteiger partial charge on any atom is -0.166 e. The van der Waals surface area contributed by atoms with Crippen LogP contribution in [0, 0.1) is 0 Å². The molecular weight excluding hydrogens is 333 g/mol. The number of alkyl halides is 3. The maximum absolute atomic E-state index is 12.7. The highest BCUT2D eigenvalue weighted by molar-refractivity contribution is 6.08. The lowest BCUT2D eigenvalue weighted by Crippen LogP contribution is -2.03. The third kappa shape index (κ3) is 2.94. The Bertz CT molecular complexity index is 1090. The van der Waals surface area contributed by atoms with E-state index < -0.39 is 11.7 Å². The predicted molar refractivity (Wildman–Crippen MR) is 101 cm³/mol. The Kier molecular flexibility index (Phi) is 3.95. The molecule has 0 aromatic heterocycles. The highest BCUT2D eigenvalue weighted by Crippen LogP contribution is 2.33. The van der Waals surface area contributed by atoms with Crippen LogP contribution in [0.25, 0.3) is 32.7 Å². The Morgan fingerprint density at radius 2 is 1.23 bits per heavy atom. The molecule has 0 spiro atoms. The molecule has 130 valence electrons. The molecule has 0 saturated heterocycles. The fraction of sp³-hybridized carbons (Fsp3) is 0.130. The third-order valence-corrected chi connectivity index (χ3v) is 4.85. The molecule has 0 amide bonds. The molecule has 0 aliphatic carbocycles. The molecule has 3 heteroatoms. The highest BCUT2D eigenvalue weighted by atomic mass is 19.4. The topological polar surface area (TPSA) is 0 Å². The number of benzene rings is 4. The van der Waals surface area contributed by atoms with Gasteiger partial charge in [0.2, 0.25) is 0 Å². The Hall–Kier alpha value is -2.81. The molecule has 0 bridgehead atoms. The molecule has 0 N–H and O–H groups in total. The van der Waals surface area contributed by atoms with Gasteiger partial charge in [-0.3, -0.25) is 0 Å². The summed E-state index contributed by atoms with van der Waals surface area (Å²) in [7, 11) is 0. The second-order valence-electron chi connectivity index (χ2n) is 6.49. The van der Waals surface area contributed by atoms with Gasteiger partial charge in [0.1, 0.15) is 0 Å². The Morgan fingerprint density at radius 3 is 1.85 bits per heavy atom. The fourth-order valence-corrected chi connectivity index (χ4v) is 3.37. The fourth-order valence-electron chi connectivity index (χ4n) is 3.37. The lowest BCUT2D eigenvalue weighted by atomic mass is 9.96. The zero-order chi connectivity index (χ0) is 18.3. The first kappa shape index (κ1) is 16.6. The molecule has 0 saturated carbocycles. The SMILES string of the molecule is CCc1ccc2c(ccc3cc(-c4ccc(C(F)(F)F)cc4)ccc32)c1. The minimum absolute atomic E-state index is 0.625. The molecule has 4 rings (SSSR count). The van der Waals surface area contributed by atoms with E-state index in [2.05, 4.69) is 43.3 Å². The van der Waals surface area contributed by atoms with Crippen molar-refractivity contribution >= 4 is 21.5 Å². The van der Waals surface area contributed by atoms with Crippen LogP contribution in [-0.4, -0.2) is 0 Å². The standard InChI is InChI=1S/C23H17F3/c1-2-15-3-11-21-18(13-15)4-5-19-14-17(8-12-22(19)21)16-6-9-20(10-7-16)23(24,25)26/h3-14H,2H2,1H3. The molecule has 0 unspecified atom stereocenters. The van der Waals surface area contributed by atoms with Gasteiger partial charge in [0.25, 0.3) is 0 Å². The van der Waals surface area contributed by atoms with Crippen LogP contribution >= 0.6 is 0 Å². The second kappa shape index (κ2) is 6.17. The van der Waals surface area contributed by atoms with Crippen molar-refractivity contribution in [3.05, 3.63) is 83.9 Å². The van der Waals surface area contributed by atoms with Crippen molar-refractivity contribution in [2.75, 3.05) is 0 Å². The molecule has 0 radical (unpaired) electrons. The van der Waals surface area contributed by atoms with Crippen LogP contribution in [-0.2, 0) is 12.6 Å². The van der Waals surface area contributed by atoms with Crippen molar-refractivity contribution in [1.82, 2.24) is 0 Å². The third-order valence-electron chi connectivity index (χ3n) is 4.85. The zero-order valence-corrected chi connectivity index (χ0v) is 14.3. The van der Waals surface area contributed by atoms with E-state index in [-0.39, 0.29) is 0 Å². The molecule has 26 heavy (non-hydrogen) atoms. The van der Waals surface area contributed by atoms with Crippen molar-refractivity contribution in [3.63, 3.8) is 0 Å². The quantitative estimate of drug-likeness (QED) is 0.334. The first-order valence-electron chi connectivity index (χ1n) is 8.59. The van der Waals surface area contributed by atoms with E-state index >= 15 is 0 Å². The van der Waals surface area contributed by atoms with Gasteiger partial charge in [0, 0.05) is 0 Å². The summed E-state index contributed by atoms with van der Waals surface area (Å²) in [6.45, 7) is 2.14. The summed E-state index contributed by atoms with van der Waals surface area (Å²) in [5.41, 5.74) is 2.37. The Balaban J connectivity index is 1.79. The molecule has 0 aliphatic heterocycles. The van der Waals surface area contributed by atoms with Gasteiger partial charge < -0.3 is 0 Å². The lowest BCUT2D eigenvalue weighted by molar-refractivity contribution is -0.137. The normalized spacial score (nSPS) is 12.0. The number of hydrogen-bond donors (Lipinski definition) is 0. The van der Waals surface area contributed by atoms with Crippen molar-refractivity contribution in [3.8, 4) is 11.1 Å². The molecule has 0 atom stereocenters. The van der Waals surface area contributed by atoms with E-state index in [9.17, 15) is 13.2 Å². The second-order valence-corrected chi connectivity index (χ2v) is 6.49. The molecule has 0 fully saturated rings.